The van der Waals surface area contributed by atoms with E-state index in [1.807, 2.05) is 31.3 Å². The molecule has 38 heavy (non-hydrogen) atoms. The molecule has 11 heteroatoms. The molecule has 2 aliphatic rings. The highest BCUT2D eigenvalue weighted by Crippen LogP contribution is 2.44. The van der Waals surface area contributed by atoms with Crippen LogP contribution in [-0.4, -0.2) is 68.0 Å². The van der Waals surface area contributed by atoms with Crippen LogP contribution in [0.2, 0.25) is 0 Å². The molecule has 2 fully saturated rings. The number of nitrogens with one attached hydrogen (secondary N) is 2. The summed E-state index contributed by atoms with van der Waals surface area (Å²) in [5.41, 5.74) is 3.31. The topological polar surface area (TPSA) is 120 Å². The zero-order chi connectivity index (χ0) is 27.4. The lowest BCUT2D eigenvalue weighted by Gasteiger charge is -2.48. The van der Waals surface area contributed by atoms with Gasteiger partial charge in [0.2, 0.25) is 11.9 Å². The van der Waals surface area contributed by atoms with Gasteiger partial charge < -0.3 is 20.4 Å². The number of aromatic nitrogens is 3. The lowest BCUT2D eigenvalue weighted by molar-refractivity contribution is -0.128. The molecule has 2 aliphatic heterocycles. The summed E-state index contributed by atoms with van der Waals surface area (Å²) in [4.78, 5) is 29.5. The van der Waals surface area contributed by atoms with Crippen LogP contribution in [0.5, 0.6) is 0 Å². The second-order valence-electron chi connectivity index (χ2n) is 11.0. The molecule has 1 amide bonds. The van der Waals surface area contributed by atoms with Crippen LogP contribution in [0.25, 0.3) is 10.8 Å². The number of hydrogen-bond donors (Lipinski definition) is 2. The number of carbonyl (C=O) groups excluding carboxylic acids is 1. The van der Waals surface area contributed by atoms with Crippen LogP contribution in [0.4, 0.5) is 23.3 Å². The second kappa shape index (κ2) is 9.68. The van der Waals surface area contributed by atoms with Gasteiger partial charge in [0.15, 0.2) is 0 Å². The first-order valence-corrected chi connectivity index (χ1v) is 14.9. The van der Waals surface area contributed by atoms with E-state index >= 15 is 0 Å². The number of benzene rings is 1. The Morgan fingerprint density at radius 3 is 2.53 bits per heavy atom. The third-order valence-corrected chi connectivity index (χ3v) is 8.51. The maximum absolute atomic E-state index is 11.9. The standard InChI is InChI=1S/C27H35N7O3S/c1-15(2)26-18-10-24(31-23-7-8-28-27(32-23)33(4)5)29-12-20(18)22(9-19(26)21-11-25(35)30-21)34-13-17(16(34)3)14-38(6,36)37/h7-10,12,15-17,21H,11,13-14H2,1-6H3,(H,30,35)(H,28,29,31,32)/t16-,17-,21?/m1/s1. The second-order valence-corrected chi connectivity index (χ2v) is 13.2. The van der Waals surface area contributed by atoms with E-state index in [4.69, 9.17) is 4.98 Å². The van der Waals surface area contributed by atoms with Crippen molar-refractivity contribution in [3.8, 4) is 0 Å². The van der Waals surface area contributed by atoms with Crippen LogP contribution >= 0.6 is 0 Å². The maximum atomic E-state index is 11.9. The van der Waals surface area contributed by atoms with Crippen molar-refractivity contribution < 1.29 is 13.2 Å². The normalized spacial score (nSPS) is 21.2. The lowest BCUT2D eigenvalue weighted by Crippen LogP contribution is -2.57. The van der Waals surface area contributed by atoms with Crippen LogP contribution < -0.4 is 20.4 Å². The highest BCUT2D eigenvalue weighted by atomic mass is 32.2. The Morgan fingerprint density at radius 1 is 1.18 bits per heavy atom. The summed E-state index contributed by atoms with van der Waals surface area (Å²) in [6.45, 7) is 7.06. The summed E-state index contributed by atoms with van der Waals surface area (Å²) in [6, 6.07) is 6.06. The largest absolute Gasteiger partial charge is 0.367 e. The van der Waals surface area contributed by atoms with Gasteiger partial charge in [-0.1, -0.05) is 13.8 Å². The molecule has 10 nitrogen and oxygen atoms in total. The molecule has 0 radical (unpaired) electrons. The average molecular weight is 538 g/mol. The molecule has 3 aromatic rings. The molecule has 4 heterocycles. The van der Waals surface area contributed by atoms with Gasteiger partial charge in [0.1, 0.15) is 21.5 Å². The van der Waals surface area contributed by atoms with E-state index in [0.717, 1.165) is 22.0 Å². The van der Waals surface area contributed by atoms with Crippen molar-refractivity contribution in [3.63, 3.8) is 0 Å². The summed E-state index contributed by atoms with van der Waals surface area (Å²) >= 11 is 0. The lowest BCUT2D eigenvalue weighted by atomic mass is 9.82. The molecule has 0 saturated carbocycles. The van der Waals surface area contributed by atoms with Crippen molar-refractivity contribution in [1.29, 1.82) is 0 Å². The van der Waals surface area contributed by atoms with Gasteiger partial charge in [0, 0.05) is 62.3 Å². The van der Waals surface area contributed by atoms with Gasteiger partial charge >= 0.3 is 0 Å². The van der Waals surface area contributed by atoms with Crippen LogP contribution in [0.15, 0.2) is 30.6 Å². The third kappa shape index (κ3) is 4.99. The summed E-state index contributed by atoms with van der Waals surface area (Å²) in [5.74, 6) is 2.42. The number of hydrogen-bond acceptors (Lipinski definition) is 9. The summed E-state index contributed by atoms with van der Waals surface area (Å²) in [6.07, 6.45) is 5.34. The number of amides is 1. The van der Waals surface area contributed by atoms with Gasteiger partial charge in [-0.05, 0) is 47.6 Å². The Bertz CT molecular complexity index is 1500. The van der Waals surface area contributed by atoms with Crippen molar-refractivity contribution in [2.24, 2.45) is 5.92 Å². The smallest absolute Gasteiger partial charge is 0.226 e. The molecule has 0 spiro atoms. The number of rotatable bonds is 8. The van der Waals surface area contributed by atoms with Crippen LogP contribution in [-0.2, 0) is 14.6 Å². The number of β-lactam (4-membered cyclic amide) rings is 1. The highest BCUT2D eigenvalue weighted by molar-refractivity contribution is 7.90. The number of anilines is 4. The van der Waals surface area contributed by atoms with Gasteiger partial charge in [-0.3, -0.25) is 4.79 Å². The van der Waals surface area contributed by atoms with Crippen LogP contribution in [0, 0.1) is 5.92 Å². The number of sulfone groups is 1. The average Bonchev–Trinajstić information content (AvgIpc) is 2.82. The first-order chi connectivity index (χ1) is 17.9. The number of nitrogens with zero attached hydrogens (tertiary/aromatic N) is 5. The van der Waals surface area contributed by atoms with Crippen LogP contribution in [0.1, 0.15) is 50.3 Å². The first kappa shape index (κ1) is 26.1. The molecule has 2 aromatic heterocycles. The summed E-state index contributed by atoms with van der Waals surface area (Å²) < 4.78 is 23.9. The molecule has 3 atom stereocenters. The minimum Gasteiger partial charge on any atom is -0.367 e. The monoisotopic (exact) mass is 537 g/mol. The predicted molar refractivity (Wildman–Crippen MR) is 151 cm³/mol. The third-order valence-electron chi connectivity index (χ3n) is 7.48. The SMILES string of the molecule is CC(C)c1c(C2CC(=O)N2)cc(N2C[C@H](CS(C)(=O)=O)[C@H]2C)c2cnc(Nc3ccnc(N(C)C)n3)cc12. The zero-order valence-electron chi connectivity index (χ0n) is 22.7. The molecule has 2 N–H and O–H groups in total. The van der Waals surface area contributed by atoms with Crippen molar-refractivity contribution in [3.05, 3.63) is 41.7 Å². The number of fused-ring (bicyclic) bond motifs is 1. The molecule has 1 aromatic carbocycles. The Kier molecular flexibility index (Phi) is 6.66. The van der Waals surface area contributed by atoms with E-state index in [9.17, 15) is 13.2 Å². The molecule has 2 saturated heterocycles. The fraction of sp³-hybridized carbons (Fsp3) is 0.481. The van der Waals surface area contributed by atoms with E-state index in [1.165, 1.54) is 11.8 Å². The minimum absolute atomic E-state index is 0.0412. The zero-order valence-corrected chi connectivity index (χ0v) is 23.5. The molecule has 5 rings (SSSR count). The number of pyridine rings is 1. The Hall–Kier alpha value is -3.47. The molecular formula is C27H35N7O3S. The number of carbonyl (C=O) groups is 1. The Balaban J connectivity index is 1.59. The van der Waals surface area contributed by atoms with Gasteiger partial charge in [-0.25, -0.2) is 18.4 Å². The molecule has 0 aliphatic carbocycles. The first-order valence-electron chi connectivity index (χ1n) is 12.9. The Labute approximate surface area is 223 Å². The quantitative estimate of drug-likeness (QED) is 0.417. The van der Waals surface area contributed by atoms with Gasteiger partial charge in [-0.2, -0.15) is 4.98 Å². The Morgan fingerprint density at radius 2 is 1.92 bits per heavy atom. The van der Waals surface area contributed by atoms with Crippen molar-refractivity contribution in [2.75, 3.05) is 47.8 Å². The molecule has 202 valence electrons. The molecular weight excluding hydrogens is 502 g/mol. The van der Waals surface area contributed by atoms with E-state index in [-0.39, 0.29) is 35.6 Å². The van der Waals surface area contributed by atoms with Gasteiger partial charge in [0.05, 0.1) is 18.2 Å². The molecule has 1 unspecified atom stereocenters. The van der Waals surface area contributed by atoms with Crippen molar-refractivity contribution in [2.45, 2.75) is 45.2 Å². The fourth-order valence-corrected chi connectivity index (χ4v) is 6.64. The summed E-state index contributed by atoms with van der Waals surface area (Å²) in [7, 11) is 0.724. The van der Waals surface area contributed by atoms with E-state index in [1.54, 1.807) is 12.3 Å². The van der Waals surface area contributed by atoms with Crippen molar-refractivity contribution >= 4 is 49.8 Å². The van der Waals surface area contributed by atoms with E-state index < -0.39 is 9.84 Å². The molecule has 0 bridgehead atoms. The fourth-order valence-electron chi connectivity index (χ4n) is 5.48. The van der Waals surface area contributed by atoms with Gasteiger partial charge in [-0.15, -0.1) is 0 Å². The van der Waals surface area contributed by atoms with Gasteiger partial charge in [0.25, 0.3) is 0 Å². The predicted octanol–water partition coefficient (Wildman–Crippen LogP) is 3.39. The van der Waals surface area contributed by atoms with Crippen LogP contribution in [0.3, 0.4) is 0 Å². The minimum atomic E-state index is -3.06. The van der Waals surface area contributed by atoms with E-state index in [0.29, 0.717) is 30.5 Å². The highest BCUT2D eigenvalue weighted by Gasteiger charge is 2.39. The maximum Gasteiger partial charge on any atom is 0.226 e. The van der Waals surface area contributed by atoms with E-state index in [2.05, 4.69) is 52.3 Å². The van der Waals surface area contributed by atoms with Crippen molar-refractivity contribution in [1.82, 2.24) is 20.3 Å². The summed E-state index contributed by atoms with van der Waals surface area (Å²) in [5, 5.41) is 8.45.